The molecule has 1 saturated heterocycles. The van der Waals surface area contributed by atoms with Crippen LogP contribution in [0.2, 0.25) is 0 Å². The van der Waals surface area contributed by atoms with Crippen molar-refractivity contribution in [1.29, 1.82) is 0 Å². The Kier molecular flexibility index (Phi) is 8.17. The summed E-state index contributed by atoms with van der Waals surface area (Å²) in [5.41, 5.74) is 3.71. The third kappa shape index (κ3) is 7.46. The molecule has 2 aromatic heterocycles. The van der Waals surface area contributed by atoms with Gasteiger partial charge in [-0.2, -0.15) is 4.98 Å². The van der Waals surface area contributed by atoms with Crippen LogP contribution >= 0.6 is 0 Å². The number of aliphatic carboxylic acids is 2. The topological polar surface area (TPSA) is 171 Å². The monoisotopic (exact) mass is 541 g/mol. The maximum atomic E-state index is 12.0. The average Bonchev–Trinajstić information content (AvgIpc) is 3.65. The number of fused-ring (bicyclic) bond motifs is 1. The van der Waals surface area contributed by atoms with Gasteiger partial charge in [0.25, 0.3) is 0 Å². The summed E-state index contributed by atoms with van der Waals surface area (Å²) in [6, 6.07) is 14.0. The number of carbonyl (C=O) groups is 3. The van der Waals surface area contributed by atoms with E-state index >= 15 is 0 Å². The maximum absolute atomic E-state index is 12.0. The summed E-state index contributed by atoms with van der Waals surface area (Å²) < 4.78 is 24.9. The molecule has 2 fully saturated rings. The van der Waals surface area contributed by atoms with Gasteiger partial charge in [0.15, 0.2) is 15.5 Å². The van der Waals surface area contributed by atoms with E-state index in [1.807, 2.05) is 30.3 Å². The van der Waals surface area contributed by atoms with Crippen LogP contribution in [0.3, 0.4) is 0 Å². The highest BCUT2D eigenvalue weighted by molar-refractivity contribution is 7.91. The Morgan fingerprint density at radius 1 is 0.974 bits per heavy atom. The van der Waals surface area contributed by atoms with Crippen LogP contribution in [-0.4, -0.2) is 80.6 Å². The minimum atomic E-state index is -2.86. The van der Waals surface area contributed by atoms with E-state index in [1.54, 1.807) is 4.52 Å². The zero-order valence-corrected chi connectivity index (χ0v) is 21.2. The molecule has 12 nitrogen and oxygen atoms in total. The van der Waals surface area contributed by atoms with Crippen LogP contribution < -0.4 is 5.32 Å². The molecule has 1 aliphatic carbocycles. The molecule has 0 atom stereocenters. The molecule has 0 radical (unpaired) electrons. The fourth-order valence-electron chi connectivity index (χ4n) is 3.82. The standard InChI is InChI=1S/C21H23N5O3S.C4H4O4/c27-20(17-8-9-17)23-21-22-19-3-1-2-18(26(19)24-21)16-6-4-15(5-7-16)14-25-10-12-30(28,29)13-11-25;5-3(6)1-2-4(7)8/h1-7,17H,8-14H2,(H,23,24,27);1-2H,(H,5,6)(H,7,8). The number of carboxylic acid groups (broad SMARTS) is 2. The zero-order valence-electron chi connectivity index (χ0n) is 20.4. The lowest BCUT2D eigenvalue weighted by Crippen LogP contribution is -2.39. The summed E-state index contributed by atoms with van der Waals surface area (Å²) in [6.07, 6.45) is 2.98. The molecule has 2 aliphatic rings. The molecule has 1 aliphatic heterocycles. The molecule has 3 N–H and O–H groups in total. The van der Waals surface area contributed by atoms with Crippen molar-refractivity contribution in [1.82, 2.24) is 19.5 Å². The minimum absolute atomic E-state index is 0.0117. The molecule has 0 spiro atoms. The van der Waals surface area contributed by atoms with E-state index in [1.165, 1.54) is 0 Å². The van der Waals surface area contributed by atoms with Crippen molar-refractivity contribution < 1.29 is 33.0 Å². The van der Waals surface area contributed by atoms with Crippen LogP contribution in [-0.2, 0) is 30.8 Å². The van der Waals surface area contributed by atoms with Gasteiger partial charge in [0, 0.05) is 43.3 Å². The number of nitrogens with zero attached hydrogens (tertiary/aromatic N) is 4. The number of carboxylic acids is 2. The number of pyridine rings is 1. The van der Waals surface area contributed by atoms with Gasteiger partial charge in [0.1, 0.15) is 0 Å². The number of nitrogens with one attached hydrogen (secondary N) is 1. The van der Waals surface area contributed by atoms with E-state index in [0.29, 0.717) is 36.8 Å². The molecule has 5 rings (SSSR count). The molecule has 1 saturated carbocycles. The van der Waals surface area contributed by atoms with E-state index in [-0.39, 0.29) is 23.3 Å². The fourth-order valence-corrected chi connectivity index (χ4v) is 5.10. The Labute approximate surface area is 218 Å². The number of hydrogen-bond donors (Lipinski definition) is 3. The molecule has 200 valence electrons. The highest BCUT2D eigenvalue weighted by atomic mass is 32.2. The maximum Gasteiger partial charge on any atom is 0.328 e. The van der Waals surface area contributed by atoms with Gasteiger partial charge in [-0.15, -0.1) is 5.10 Å². The van der Waals surface area contributed by atoms with Gasteiger partial charge in [-0.3, -0.25) is 15.0 Å². The fraction of sp³-hybridized carbons (Fsp3) is 0.320. The molecular weight excluding hydrogens is 514 g/mol. The number of hydrogen-bond acceptors (Lipinski definition) is 8. The van der Waals surface area contributed by atoms with Gasteiger partial charge < -0.3 is 10.2 Å². The van der Waals surface area contributed by atoms with Gasteiger partial charge in [-0.05, 0) is 30.5 Å². The first-order valence-electron chi connectivity index (χ1n) is 11.9. The van der Waals surface area contributed by atoms with Crippen LogP contribution in [0.4, 0.5) is 5.95 Å². The summed E-state index contributed by atoms with van der Waals surface area (Å²) in [5, 5.41) is 22.9. The minimum Gasteiger partial charge on any atom is -0.478 e. The van der Waals surface area contributed by atoms with Crippen molar-refractivity contribution in [3.05, 3.63) is 60.2 Å². The molecule has 0 bridgehead atoms. The Morgan fingerprint density at radius 3 is 2.18 bits per heavy atom. The number of anilines is 1. The molecule has 13 heteroatoms. The average molecular weight is 542 g/mol. The largest absolute Gasteiger partial charge is 0.478 e. The molecule has 1 aromatic carbocycles. The van der Waals surface area contributed by atoms with Crippen LogP contribution in [0.15, 0.2) is 54.6 Å². The third-order valence-electron chi connectivity index (χ3n) is 6.00. The number of carbonyl (C=O) groups excluding carboxylic acids is 1. The summed E-state index contributed by atoms with van der Waals surface area (Å²) in [4.78, 5) is 37.7. The van der Waals surface area contributed by atoms with E-state index in [9.17, 15) is 22.8 Å². The van der Waals surface area contributed by atoms with E-state index in [4.69, 9.17) is 10.2 Å². The van der Waals surface area contributed by atoms with Gasteiger partial charge in [0.2, 0.25) is 11.9 Å². The number of amides is 1. The smallest absolute Gasteiger partial charge is 0.328 e. The van der Waals surface area contributed by atoms with Crippen molar-refractivity contribution in [2.75, 3.05) is 29.9 Å². The lowest BCUT2D eigenvalue weighted by atomic mass is 10.1. The van der Waals surface area contributed by atoms with Gasteiger partial charge >= 0.3 is 11.9 Å². The van der Waals surface area contributed by atoms with Crippen LogP contribution in [0.1, 0.15) is 18.4 Å². The Bertz CT molecular complexity index is 1450. The lowest BCUT2D eigenvalue weighted by molar-refractivity contribution is -0.134. The summed E-state index contributed by atoms with van der Waals surface area (Å²) in [6.45, 7) is 1.90. The molecular formula is C25H27N5O7S. The van der Waals surface area contributed by atoms with E-state index < -0.39 is 21.8 Å². The molecule has 1 amide bonds. The lowest BCUT2D eigenvalue weighted by Gasteiger charge is -2.26. The van der Waals surface area contributed by atoms with Crippen molar-refractivity contribution in [3.63, 3.8) is 0 Å². The van der Waals surface area contributed by atoms with Gasteiger partial charge in [-0.25, -0.2) is 22.5 Å². The summed E-state index contributed by atoms with van der Waals surface area (Å²) in [5.74, 6) is -1.63. The molecule has 3 heterocycles. The zero-order chi connectivity index (χ0) is 27.3. The Hall–Kier alpha value is -4.10. The molecule has 3 aromatic rings. The second kappa shape index (κ2) is 11.5. The first kappa shape index (κ1) is 26.9. The second-order valence-electron chi connectivity index (χ2n) is 9.01. The van der Waals surface area contributed by atoms with Crippen molar-refractivity contribution in [2.24, 2.45) is 5.92 Å². The van der Waals surface area contributed by atoms with Crippen LogP contribution in [0.25, 0.3) is 16.9 Å². The van der Waals surface area contributed by atoms with Gasteiger partial charge in [0.05, 0.1) is 17.2 Å². The second-order valence-corrected chi connectivity index (χ2v) is 11.3. The summed E-state index contributed by atoms with van der Waals surface area (Å²) >= 11 is 0. The molecule has 0 unspecified atom stereocenters. The molecule has 38 heavy (non-hydrogen) atoms. The quantitative estimate of drug-likeness (QED) is 0.374. The highest BCUT2D eigenvalue weighted by Crippen LogP contribution is 2.30. The van der Waals surface area contributed by atoms with Crippen molar-refractivity contribution in [3.8, 4) is 11.3 Å². The normalized spacial score (nSPS) is 17.1. The number of aromatic nitrogens is 3. The number of rotatable bonds is 7. The van der Waals surface area contributed by atoms with Crippen molar-refractivity contribution >= 4 is 39.3 Å². The first-order valence-corrected chi connectivity index (χ1v) is 13.7. The van der Waals surface area contributed by atoms with Gasteiger partial charge in [-0.1, -0.05) is 30.3 Å². The summed E-state index contributed by atoms with van der Waals surface area (Å²) in [7, 11) is -2.86. The Morgan fingerprint density at radius 2 is 1.61 bits per heavy atom. The predicted octanol–water partition coefficient (Wildman–Crippen LogP) is 1.69. The highest BCUT2D eigenvalue weighted by Gasteiger charge is 2.30. The van der Waals surface area contributed by atoms with Crippen molar-refractivity contribution in [2.45, 2.75) is 19.4 Å². The number of benzene rings is 1. The SMILES string of the molecule is O=C(Nc1nc2cccc(-c3ccc(CN4CCS(=O)(=O)CC4)cc3)n2n1)C1CC1.O=C(O)C=CC(=O)O. The number of sulfone groups is 1. The van der Waals surface area contributed by atoms with E-state index in [0.717, 1.165) is 36.2 Å². The van der Waals surface area contributed by atoms with Crippen LogP contribution in [0.5, 0.6) is 0 Å². The van der Waals surface area contributed by atoms with Crippen LogP contribution in [0, 0.1) is 5.92 Å². The first-order chi connectivity index (χ1) is 18.1. The van der Waals surface area contributed by atoms with E-state index in [2.05, 4.69) is 32.4 Å². The third-order valence-corrected chi connectivity index (χ3v) is 7.61. The predicted molar refractivity (Wildman–Crippen MR) is 138 cm³/mol. The Balaban J connectivity index is 0.000000368.